The van der Waals surface area contributed by atoms with Gasteiger partial charge in [-0.25, -0.2) is 0 Å². The first-order chi connectivity index (χ1) is 17.2. The summed E-state index contributed by atoms with van der Waals surface area (Å²) in [6.07, 6.45) is 4.17. The first-order valence-corrected chi connectivity index (χ1v) is 13.4. The molecule has 0 amide bonds. The van der Waals surface area contributed by atoms with Gasteiger partial charge in [-0.2, -0.15) is 5.26 Å². The van der Waals surface area contributed by atoms with Crippen LogP contribution in [-0.4, -0.2) is 61.3 Å². The molecule has 9 unspecified atom stereocenters. The maximum absolute atomic E-state index is 13.3. The minimum Gasteiger partial charge on any atom is -0.469 e. The summed E-state index contributed by atoms with van der Waals surface area (Å²) in [4.78, 5) is 40.5. The summed E-state index contributed by atoms with van der Waals surface area (Å²) in [5, 5.41) is 11.2. The molecule has 0 aromatic heterocycles. The predicted octanol–water partition coefficient (Wildman–Crippen LogP) is 3.01. The van der Waals surface area contributed by atoms with Gasteiger partial charge in [0, 0.05) is 32.4 Å². The zero-order valence-corrected chi connectivity index (χ0v) is 21.7. The van der Waals surface area contributed by atoms with Crippen LogP contribution in [0.3, 0.4) is 0 Å². The molecule has 6 aliphatic rings. The van der Waals surface area contributed by atoms with E-state index in [1.807, 2.05) is 0 Å². The molecule has 2 aliphatic heterocycles. The Morgan fingerprint density at radius 1 is 1.14 bits per heavy atom. The third-order valence-corrected chi connectivity index (χ3v) is 11.2. The number of carbonyl (C=O) groups excluding carboxylic acids is 3. The third kappa shape index (κ3) is 2.56. The zero-order valence-electron chi connectivity index (χ0n) is 21.7. The summed E-state index contributed by atoms with van der Waals surface area (Å²) < 4.78 is 17.4. The lowest BCUT2D eigenvalue weighted by atomic mass is 9.38. The van der Waals surface area contributed by atoms with E-state index in [0.717, 1.165) is 32.2 Å². The predicted molar refractivity (Wildman–Crippen MR) is 127 cm³/mol. The Hall–Kier alpha value is -2.40. The number of ether oxygens (including phenoxy) is 3. The van der Waals surface area contributed by atoms with E-state index >= 15 is 0 Å². The number of nitriles is 1. The minimum absolute atomic E-state index is 0.0113. The van der Waals surface area contributed by atoms with Crippen LogP contribution >= 0.6 is 0 Å². The van der Waals surface area contributed by atoms with Gasteiger partial charge in [-0.1, -0.05) is 18.1 Å². The summed E-state index contributed by atoms with van der Waals surface area (Å²) in [6.45, 7) is 6.67. The molecule has 0 aromatic rings. The summed E-state index contributed by atoms with van der Waals surface area (Å²) in [7, 11) is 1.44. The van der Waals surface area contributed by atoms with Crippen LogP contribution < -0.4 is 0 Å². The van der Waals surface area contributed by atoms with Crippen molar-refractivity contribution in [3.05, 3.63) is 11.1 Å². The van der Waals surface area contributed by atoms with Gasteiger partial charge in [-0.3, -0.25) is 19.3 Å². The van der Waals surface area contributed by atoms with Crippen molar-refractivity contribution in [1.29, 1.82) is 5.26 Å². The smallest absolute Gasteiger partial charge is 0.309 e. The lowest BCUT2D eigenvalue weighted by Crippen LogP contribution is -2.79. The molecule has 2 heterocycles. The maximum atomic E-state index is 13.3. The molecule has 4 aliphatic carbocycles. The van der Waals surface area contributed by atoms with Crippen LogP contribution in [0, 0.1) is 51.8 Å². The van der Waals surface area contributed by atoms with E-state index in [4.69, 9.17) is 14.2 Å². The number of hydrogen-bond acceptors (Lipinski definition) is 8. The van der Waals surface area contributed by atoms with Gasteiger partial charge >= 0.3 is 17.9 Å². The quantitative estimate of drug-likeness (QED) is 0.332. The van der Waals surface area contributed by atoms with Gasteiger partial charge in [0.05, 0.1) is 24.5 Å². The van der Waals surface area contributed by atoms with Gasteiger partial charge in [0.1, 0.15) is 18.2 Å². The largest absolute Gasteiger partial charge is 0.469 e. The molecule has 0 aromatic carbocycles. The van der Waals surface area contributed by atoms with Gasteiger partial charge < -0.3 is 14.2 Å². The van der Waals surface area contributed by atoms with Crippen LogP contribution in [0.5, 0.6) is 0 Å². The summed E-state index contributed by atoms with van der Waals surface area (Å²) in [5.41, 5.74) is 0.275. The standard InChI is InChI=1S/C28H36N2O6/c1-15-11-30-12-19-7-5-18-6-8-20-21(25(33)34-4)10-27(24(18)20)26(19,14-35-16(2)31)23(36-17(3)32)9-22(15)28(27,30)13-29/h15,19-23H,5-12,14H2,1-4H3. The molecule has 1 spiro atoms. The van der Waals surface area contributed by atoms with Gasteiger partial charge in [0.15, 0.2) is 0 Å². The zero-order chi connectivity index (χ0) is 25.6. The van der Waals surface area contributed by atoms with E-state index in [2.05, 4.69) is 17.9 Å². The van der Waals surface area contributed by atoms with E-state index in [9.17, 15) is 19.6 Å². The molecule has 2 saturated heterocycles. The Kier molecular flexibility index (Phi) is 5.19. The van der Waals surface area contributed by atoms with Crippen LogP contribution in [0.4, 0.5) is 0 Å². The highest BCUT2D eigenvalue weighted by Gasteiger charge is 2.85. The number of nitrogens with zero attached hydrogens (tertiary/aromatic N) is 2. The van der Waals surface area contributed by atoms with Crippen molar-refractivity contribution in [3.63, 3.8) is 0 Å². The number of hydrogen-bond donors (Lipinski definition) is 0. The van der Waals surface area contributed by atoms with Crippen molar-refractivity contribution in [2.45, 2.75) is 70.9 Å². The third-order valence-electron chi connectivity index (χ3n) is 11.2. The molecule has 0 radical (unpaired) electrons. The number of methoxy groups -OCH3 is 1. The van der Waals surface area contributed by atoms with Gasteiger partial charge in [-0.15, -0.1) is 0 Å². The van der Waals surface area contributed by atoms with Crippen LogP contribution in [0.2, 0.25) is 0 Å². The Morgan fingerprint density at radius 3 is 2.56 bits per heavy atom. The van der Waals surface area contributed by atoms with Crippen LogP contribution in [-0.2, 0) is 28.6 Å². The molecule has 9 atom stereocenters. The Balaban J connectivity index is 1.70. The lowest BCUT2D eigenvalue weighted by molar-refractivity contribution is -0.256. The highest BCUT2D eigenvalue weighted by atomic mass is 16.6. The van der Waals surface area contributed by atoms with Gasteiger partial charge in [0.2, 0.25) is 0 Å². The normalized spacial score (nSPS) is 46.0. The average Bonchev–Trinajstić information content (AvgIpc) is 3.46. The number of esters is 3. The summed E-state index contributed by atoms with van der Waals surface area (Å²) in [5.74, 6) is -1.00. The number of allylic oxidation sites excluding steroid dienone is 1. The molecule has 0 N–H and O–H groups in total. The average molecular weight is 497 g/mol. The highest BCUT2D eigenvalue weighted by Crippen LogP contribution is 2.80. The first-order valence-electron chi connectivity index (χ1n) is 13.4. The maximum Gasteiger partial charge on any atom is 0.309 e. The van der Waals surface area contributed by atoms with Crippen LogP contribution in [0.1, 0.15) is 59.3 Å². The molecule has 36 heavy (non-hydrogen) atoms. The SMILES string of the molecule is COC(=O)C1CC23C4=C(CCC41)CCC1CN4CC(C)C(CC(OC(C)=O)C12COC(C)=O)C43C#N. The van der Waals surface area contributed by atoms with Crippen molar-refractivity contribution < 1.29 is 28.6 Å². The van der Waals surface area contributed by atoms with Gasteiger partial charge in [0.25, 0.3) is 0 Å². The number of rotatable bonds is 4. The van der Waals surface area contributed by atoms with Crippen molar-refractivity contribution in [1.82, 2.24) is 4.90 Å². The summed E-state index contributed by atoms with van der Waals surface area (Å²) >= 11 is 0. The monoisotopic (exact) mass is 496 g/mol. The number of piperidine rings is 1. The fraction of sp³-hybridized carbons (Fsp3) is 0.786. The number of carbonyl (C=O) groups is 3. The van der Waals surface area contributed by atoms with Crippen LogP contribution in [0.15, 0.2) is 11.1 Å². The van der Waals surface area contributed by atoms with Gasteiger partial charge in [-0.05, 0) is 62.2 Å². The molecular weight excluding hydrogens is 460 g/mol. The molecule has 4 bridgehead atoms. The van der Waals surface area contributed by atoms with Crippen molar-refractivity contribution in [3.8, 4) is 6.07 Å². The van der Waals surface area contributed by atoms with Crippen molar-refractivity contribution in [2.24, 2.45) is 40.4 Å². The van der Waals surface area contributed by atoms with E-state index in [0.29, 0.717) is 19.4 Å². The second-order valence-electron chi connectivity index (χ2n) is 12.2. The highest BCUT2D eigenvalue weighted by molar-refractivity contribution is 5.76. The minimum atomic E-state index is -0.837. The topological polar surface area (TPSA) is 106 Å². The molecular formula is C28H36N2O6. The van der Waals surface area contributed by atoms with Crippen molar-refractivity contribution >= 4 is 17.9 Å². The molecule has 4 fully saturated rings. The second kappa shape index (κ2) is 7.80. The van der Waals surface area contributed by atoms with E-state index in [1.165, 1.54) is 32.1 Å². The Bertz CT molecular complexity index is 1110. The fourth-order valence-electron chi connectivity index (χ4n) is 10.4. The van der Waals surface area contributed by atoms with Crippen LogP contribution in [0.25, 0.3) is 0 Å². The van der Waals surface area contributed by atoms with E-state index in [-0.39, 0.29) is 54.1 Å². The Labute approximate surface area is 212 Å². The first kappa shape index (κ1) is 24.0. The van der Waals surface area contributed by atoms with E-state index in [1.54, 1.807) is 0 Å². The van der Waals surface area contributed by atoms with E-state index < -0.39 is 22.5 Å². The second-order valence-corrected chi connectivity index (χ2v) is 12.2. The molecule has 2 saturated carbocycles. The molecule has 194 valence electrons. The summed E-state index contributed by atoms with van der Waals surface area (Å²) in [6, 6.07) is 2.88. The molecule has 6 rings (SSSR count). The lowest BCUT2D eigenvalue weighted by Gasteiger charge is -2.70. The van der Waals surface area contributed by atoms with Crippen molar-refractivity contribution in [2.75, 3.05) is 26.8 Å². The molecule has 8 heteroatoms. The fourth-order valence-corrected chi connectivity index (χ4v) is 10.4. The Morgan fingerprint density at radius 2 is 1.89 bits per heavy atom. The molecule has 8 nitrogen and oxygen atoms in total.